The predicted molar refractivity (Wildman–Crippen MR) is 136 cm³/mol. The zero-order valence-electron chi connectivity index (χ0n) is 22.5. The average Bonchev–Trinajstić information content (AvgIpc) is 2.68. The zero-order valence-corrected chi connectivity index (χ0v) is 22.5. The van der Waals surface area contributed by atoms with Gasteiger partial charge in [0.05, 0.1) is 19.1 Å². The average molecular weight is 459 g/mol. The molecule has 0 fully saturated rings. The number of rotatable bonds is 12. The van der Waals surface area contributed by atoms with Crippen molar-refractivity contribution < 1.29 is 14.4 Å². The van der Waals surface area contributed by atoms with Crippen molar-refractivity contribution in [1.29, 1.82) is 0 Å². The summed E-state index contributed by atoms with van der Waals surface area (Å²) in [6.45, 7) is 20.2. The Balaban J connectivity index is 3.25. The Bertz CT molecular complexity index is 768. The van der Waals surface area contributed by atoms with E-state index in [0.717, 1.165) is 12.1 Å². The van der Waals surface area contributed by atoms with E-state index >= 15 is 0 Å². The largest absolute Gasteiger partial charge is 0.310 e. The van der Waals surface area contributed by atoms with Crippen molar-refractivity contribution in [1.82, 2.24) is 10.2 Å². The Morgan fingerprint density at radius 3 is 1.58 bits per heavy atom. The number of Topliss-reactive ketones (excluding diaryl/α,β-unsaturated/α-hetero) is 3. The minimum absolute atomic E-state index is 0.0286. The summed E-state index contributed by atoms with van der Waals surface area (Å²) in [5.74, 6) is -0.0767. The fourth-order valence-corrected chi connectivity index (χ4v) is 3.25. The van der Waals surface area contributed by atoms with E-state index < -0.39 is 16.9 Å². The highest BCUT2D eigenvalue weighted by molar-refractivity contribution is 5.91. The number of nitrogens with zero attached hydrogens (tertiary/aromatic N) is 1. The van der Waals surface area contributed by atoms with Gasteiger partial charge in [0.15, 0.2) is 17.3 Å². The second kappa shape index (κ2) is 12.0. The first-order valence-electron chi connectivity index (χ1n) is 12.2. The molecule has 0 aliphatic heterocycles. The second-order valence-corrected chi connectivity index (χ2v) is 11.9. The highest BCUT2D eigenvalue weighted by Gasteiger charge is 2.35. The maximum atomic E-state index is 13.3. The third-order valence-electron chi connectivity index (χ3n) is 5.87. The molecule has 0 heterocycles. The predicted octanol–water partition coefficient (Wildman–Crippen LogP) is 4.85. The molecule has 0 bridgehead atoms. The first-order valence-corrected chi connectivity index (χ1v) is 12.2. The summed E-state index contributed by atoms with van der Waals surface area (Å²) in [5, 5.41) is 3.41. The Kier molecular flexibility index (Phi) is 10.6. The summed E-state index contributed by atoms with van der Waals surface area (Å²) in [7, 11) is 0. The molecule has 0 aliphatic rings. The summed E-state index contributed by atoms with van der Waals surface area (Å²) < 4.78 is 0. The number of hydrogen-bond donors (Lipinski definition) is 1. The number of carbonyl (C=O) groups is 3. The molecule has 1 aromatic carbocycles. The van der Waals surface area contributed by atoms with Gasteiger partial charge < -0.3 is 5.32 Å². The van der Waals surface area contributed by atoms with Gasteiger partial charge in [0.2, 0.25) is 0 Å². The molecule has 0 aromatic heterocycles. The maximum Gasteiger partial charge on any atom is 0.152 e. The van der Waals surface area contributed by atoms with E-state index in [1.54, 1.807) is 0 Å². The Morgan fingerprint density at radius 2 is 1.21 bits per heavy atom. The standard InChI is InChI=1S/C28H46N2O3/c1-19(2)26(33)23(15-21-11-13-22(14-12-21)16-29-20(3)4)30(17-24(31)27(5,6)7)18-25(32)28(8,9)10/h11-14,19-20,23,29H,15-18H2,1-10H3. The van der Waals surface area contributed by atoms with Crippen LogP contribution in [0.2, 0.25) is 0 Å². The van der Waals surface area contributed by atoms with Gasteiger partial charge in [-0.1, -0.05) is 93.5 Å². The molecule has 0 saturated carbocycles. The minimum atomic E-state index is -0.542. The van der Waals surface area contributed by atoms with Gasteiger partial charge in [-0.05, 0) is 17.5 Å². The van der Waals surface area contributed by atoms with Crippen LogP contribution in [0.25, 0.3) is 0 Å². The molecule has 0 aliphatic carbocycles. The fourth-order valence-electron chi connectivity index (χ4n) is 3.25. The number of nitrogens with one attached hydrogen (secondary N) is 1. The number of hydrogen-bond acceptors (Lipinski definition) is 5. The summed E-state index contributed by atoms with van der Waals surface area (Å²) >= 11 is 0. The van der Waals surface area contributed by atoms with E-state index in [9.17, 15) is 14.4 Å². The van der Waals surface area contributed by atoms with Gasteiger partial charge in [-0.25, -0.2) is 0 Å². The van der Waals surface area contributed by atoms with E-state index in [0.29, 0.717) is 12.5 Å². The Hall–Kier alpha value is -1.85. The van der Waals surface area contributed by atoms with Crippen LogP contribution in [-0.4, -0.2) is 47.4 Å². The molecule has 1 rings (SSSR count). The lowest BCUT2D eigenvalue weighted by Crippen LogP contribution is -2.51. The quantitative estimate of drug-likeness (QED) is 0.485. The number of ketones is 3. The smallest absolute Gasteiger partial charge is 0.152 e. The lowest BCUT2D eigenvalue weighted by atomic mass is 9.87. The normalized spacial score (nSPS) is 13.6. The Morgan fingerprint density at radius 1 is 0.788 bits per heavy atom. The van der Waals surface area contributed by atoms with Gasteiger partial charge >= 0.3 is 0 Å². The van der Waals surface area contributed by atoms with Crippen molar-refractivity contribution in [3.8, 4) is 0 Å². The van der Waals surface area contributed by atoms with Gasteiger partial charge in [0.1, 0.15) is 0 Å². The summed E-state index contributed by atoms with van der Waals surface area (Å²) in [4.78, 5) is 41.1. The highest BCUT2D eigenvalue weighted by Crippen LogP contribution is 2.22. The highest BCUT2D eigenvalue weighted by atomic mass is 16.1. The summed E-state index contributed by atoms with van der Waals surface area (Å²) in [6.07, 6.45) is 0.476. The van der Waals surface area contributed by atoms with E-state index in [1.807, 2.05) is 72.4 Å². The topological polar surface area (TPSA) is 66.5 Å². The number of carbonyl (C=O) groups excluding carboxylic acids is 3. The van der Waals surface area contributed by atoms with Crippen LogP contribution in [0, 0.1) is 16.7 Å². The fraction of sp³-hybridized carbons (Fsp3) is 0.679. The van der Waals surface area contributed by atoms with Crippen LogP contribution in [0.3, 0.4) is 0 Å². The molecule has 5 heteroatoms. The van der Waals surface area contributed by atoms with Crippen LogP contribution in [-0.2, 0) is 27.3 Å². The lowest BCUT2D eigenvalue weighted by Gasteiger charge is -2.34. The SMILES string of the molecule is CC(C)NCc1ccc(CC(C(=O)C(C)C)N(CC(=O)C(C)(C)C)CC(=O)C(C)(C)C)cc1. The van der Waals surface area contributed by atoms with Crippen molar-refractivity contribution in [2.24, 2.45) is 16.7 Å². The molecule has 1 aromatic rings. The van der Waals surface area contributed by atoms with Crippen LogP contribution < -0.4 is 5.32 Å². The molecular weight excluding hydrogens is 412 g/mol. The van der Waals surface area contributed by atoms with Crippen LogP contribution in [0.1, 0.15) is 80.4 Å². The molecule has 1 unspecified atom stereocenters. The molecule has 5 nitrogen and oxygen atoms in total. The van der Waals surface area contributed by atoms with Crippen LogP contribution in [0.15, 0.2) is 24.3 Å². The van der Waals surface area contributed by atoms with Gasteiger partial charge in [0, 0.05) is 29.3 Å². The minimum Gasteiger partial charge on any atom is -0.310 e. The molecule has 0 amide bonds. The van der Waals surface area contributed by atoms with Crippen LogP contribution >= 0.6 is 0 Å². The molecule has 1 N–H and O–H groups in total. The van der Waals surface area contributed by atoms with Crippen molar-refractivity contribution in [2.45, 2.75) is 94.3 Å². The van der Waals surface area contributed by atoms with Crippen molar-refractivity contribution in [3.05, 3.63) is 35.4 Å². The van der Waals surface area contributed by atoms with Gasteiger partial charge in [-0.3, -0.25) is 19.3 Å². The molecule has 186 valence electrons. The molecule has 0 saturated heterocycles. The van der Waals surface area contributed by atoms with Crippen molar-refractivity contribution in [2.75, 3.05) is 13.1 Å². The third kappa shape index (κ3) is 9.89. The van der Waals surface area contributed by atoms with Crippen LogP contribution in [0.4, 0.5) is 0 Å². The first-order chi connectivity index (χ1) is 15.0. The molecule has 33 heavy (non-hydrogen) atoms. The molecule has 0 radical (unpaired) electrons. The van der Waals surface area contributed by atoms with Gasteiger partial charge in [-0.15, -0.1) is 0 Å². The van der Waals surface area contributed by atoms with E-state index in [4.69, 9.17) is 0 Å². The number of benzene rings is 1. The molecular formula is C28H46N2O3. The Labute approximate surface area is 201 Å². The first kappa shape index (κ1) is 29.2. The van der Waals surface area contributed by atoms with E-state index in [2.05, 4.69) is 31.3 Å². The maximum absolute atomic E-state index is 13.3. The van der Waals surface area contributed by atoms with Gasteiger partial charge in [0.25, 0.3) is 0 Å². The van der Waals surface area contributed by atoms with E-state index in [1.165, 1.54) is 5.56 Å². The zero-order chi connectivity index (χ0) is 25.6. The monoisotopic (exact) mass is 458 g/mol. The molecule has 0 spiro atoms. The van der Waals surface area contributed by atoms with E-state index in [-0.39, 0.29) is 36.4 Å². The molecule has 1 atom stereocenters. The lowest BCUT2D eigenvalue weighted by molar-refractivity contribution is -0.135. The van der Waals surface area contributed by atoms with Crippen LogP contribution in [0.5, 0.6) is 0 Å². The summed E-state index contributed by atoms with van der Waals surface area (Å²) in [5.41, 5.74) is 1.12. The third-order valence-corrected chi connectivity index (χ3v) is 5.87. The summed E-state index contributed by atoms with van der Waals surface area (Å²) in [6, 6.07) is 8.13. The van der Waals surface area contributed by atoms with Gasteiger partial charge in [-0.2, -0.15) is 0 Å². The van der Waals surface area contributed by atoms with Crippen molar-refractivity contribution >= 4 is 17.3 Å². The second-order valence-electron chi connectivity index (χ2n) is 11.9. The van der Waals surface area contributed by atoms with Crippen molar-refractivity contribution in [3.63, 3.8) is 0 Å².